The maximum absolute atomic E-state index is 13.3. The largest absolute Gasteiger partial charge is 0.452 e. The third kappa shape index (κ3) is 4.71. The molecule has 1 aliphatic heterocycles. The van der Waals surface area contributed by atoms with Crippen molar-refractivity contribution in [3.05, 3.63) is 71.4 Å². The summed E-state index contributed by atoms with van der Waals surface area (Å²) in [4.78, 5) is 38.1. The summed E-state index contributed by atoms with van der Waals surface area (Å²) in [7, 11) is 0. The third-order valence-corrected chi connectivity index (χ3v) is 4.69. The van der Waals surface area contributed by atoms with Gasteiger partial charge in [0.05, 0.1) is 12.5 Å². The van der Waals surface area contributed by atoms with Crippen molar-refractivity contribution in [2.24, 2.45) is 0 Å². The number of benzene rings is 2. The first-order valence-electron chi connectivity index (χ1n) is 9.27. The van der Waals surface area contributed by atoms with Gasteiger partial charge in [-0.2, -0.15) is 0 Å². The second kappa shape index (κ2) is 8.86. The zero-order valence-corrected chi connectivity index (χ0v) is 16.4. The first kappa shape index (κ1) is 21.2. The molecule has 30 heavy (non-hydrogen) atoms. The monoisotopic (exact) mass is 414 g/mol. The molecule has 6 nitrogen and oxygen atoms in total. The minimum absolute atomic E-state index is 0.0379. The van der Waals surface area contributed by atoms with Crippen LogP contribution < -0.4 is 5.32 Å². The van der Waals surface area contributed by atoms with Gasteiger partial charge in [-0.3, -0.25) is 14.4 Å². The maximum Gasteiger partial charge on any atom is 0.309 e. The van der Waals surface area contributed by atoms with Gasteiger partial charge in [-0.15, -0.1) is 0 Å². The second-order valence-corrected chi connectivity index (χ2v) is 6.84. The van der Waals surface area contributed by atoms with E-state index in [0.29, 0.717) is 0 Å². The molecule has 0 aromatic heterocycles. The van der Waals surface area contributed by atoms with Crippen LogP contribution in [0.2, 0.25) is 0 Å². The fourth-order valence-electron chi connectivity index (χ4n) is 3.19. The number of rotatable bonds is 5. The number of ether oxygens (including phenoxy) is 1. The lowest BCUT2D eigenvalue weighted by Gasteiger charge is -2.32. The normalized spacial score (nSPS) is 15.9. The second-order valence-electron chi connectivity index (χ2n) is 6.84. The Morgan fingerprint density at radius 1 is 1.13 bits per heavy atom. The van der Waals surface area contributed by atoms with Gasteiger partial charge in [-0.1, -0.05) is 24.3 Å². The maximum atomic E-state index is 13.3. The molecule has 2 aromatic rings. The zero-order chi connectivity index (χ0) is 21.8. The highest BCUT2D eigenvalue weighted by molar-refractivity contribution is 5.95. The number of nitrogens with one attached hydrogen (secondary N) is 1. The Morgan fingerprint density at radius 2 is 1.87 bits per heavy atom. The van der Waals surface area contributed by atoms with E-state index >= 15 is 0 Å². The SMILES string of the molecule is CC(=O)N1C=Cc2ccccc2[C@H]1CC(=O)O[C@@H](C)C(=O)Nc1ccc(F)c(F)c1. The van der Waals surface area contributed by atoms with Gasteiger partial charge in [0.1, 0.15) is 0 Å². The molecule has 2 atom stereocenters. The van der Waals surface area contributed by atoms with Crippen molar-refractivity contribution in [3.63, 3.8) is 0 Å². The lowest BCUT2D eigenvalue weighted by Crippen LogP contribution is -2.35. The molecule has 156 valence electrons. The smallest absolute Gasteiger partial charge is 0.309 e. The molecule has 0 saturated heterocycles. The Hall–Kier alpha value is -3.55. The van der Waals surface area contributed by atoms with Gasteiger partial charge in [0, 0.05) is 24.9 Å². The van der Waals surface area contributed by atoms with Crippen LogP contribution in [0.1, 0.15) is 37.4 Å². The summed E-state index contributed by atoms with van der Waals surface area (Å²) >= 11 is 0. The molecule has 1 aliphatic rings. The Kier molecular flexibility index (Phi) is 6.25. The number of nitrogens with zero attached hydrogens (tertiary/aromatic N) is 1. The summed E-state index contributed by atoms with van der Waals surface area (Å²) in [6, 6.07) is 9.72. The molecule has 1 heterocycles. The van der Waals surface area contributed by atoms with Crippen molar-refractivity contribution >= 4 is 29.5 Å². The number of hydrogen-bond acceptors (Lipinski definition) is 4. The molecule has 0 unspecified atom stereocenters. The van der Waals surface area contributed by atoms with E-state index in [1.165, 1.54) is 24.8 Å². The molecule has 0 bridgehead atoms. The molecule has 0 saturated carbocycles. The highest BCUT2D eigenvalue weighted by Gasteiger charge is 2.30. The average molecular weight is 414 g/mol. The standard InChI is InChI=1S/C22H20F2N2O4/c1-13(22(29)25-16-7-8-18(23)19(24)11-16)30-21(28)12-20-17-6-4-3-5-15(17)9-10-26(20)14(2)27/h3-11,13,20H,12H2,1-2H3,(H,25,29)/t13-,20+/m0/s1. The van der Waals surface area contributed by atoms with Crippen molar-refractivity contribution in [1.82, 2.24) is 4.90 Å². The van der Waals surface area contributed by atoms with Crippen LogP contribution in [0.4, 0.5) is 14.5 Å². The zero-order valence-electron chi connectivity index (χ0n) is 16.4. The minimum atomic E-state index is -1.18. The van der Waals surface area contributed by atoms with Crippen LogP contribution in [0.3, 0.4) is 0 Å². The van der Waals surface area contributed by atoms with Crippen LogP contribution in [0.15, 0.2) is 48.7 Å². The number of esters is 1. The van der Waals surface area contributed by atoms with Crippen LogP contribution in [0.5, 0.6) is 0 Å². The summed E-state index contributed by atoms with van der Waals surface area (Å²) in [5.41, 5.74) is 1.72. The molecular weight excluding hydrogens is 394 g/mol. The Morgan fingerprint density at radius 3 is 2.57 bits per heavy atom. The molecule has 0 fully saturated rings. The van der Waals surface area contributed by atoms with Crippen LogP contribution in [-0.2, 0) is 19.1 Å². The summed E-state index contributed by atoms with van der Waals surface area (Å²) in [5.74, 6) is -3.75. The lowest BCUT2D eigenvalue weighted by molar-refractivity contribution is -0.154. The Labute approximate surface area is 172 Å². The first-order valence-corrected chi connectivity index (χ1v) is 9.27. The predicted octanol–water partition coefficient (Wildman–Crippen LogP) is 3.80. The number of amides is 2. The Bertz CT molecular complexity index is 1020. The van der Waals surface area contributed by atoms with E-state index in [4.69, 9.17) is 4.74 Å². The average Bonchev–Trinajstić information content (AvgIpc) is 2.70. The Balaban J connectivity index is 1.66. The molecule has 8 heteroatoms. The number of anilines is 1. The molecule has 0 radical (unpaired) electrons. The molecule has 3 rings (SSSR count). The third-order valence-electron chi connectivity index (χ3n) is 4.69. The number of halogens is 2. The van der Waals surface area contributed by atoms with E-state index in [0.717, 1.165) is 23.3 Å². The van der Waals surface area contributed by atoms with Crippen molar-refractivity contribution in [3.8, 4) is 0 Å². The summed E-state index contributed by atoms with van der Waals surface area (Å²) in [6.07, 6.45) is 2.08. The van der Waals surface area contributed by atoms with E-state index in [1.54, 1.807) is 12.3 Å². The summed E-state index contributed by atoms with van der Waals surface area (Å²) in [5, 5.41) is 2.36. The fraction of sp³-hybridized carbons (Fsp3) is 0.227. The molecule has 1 N–H and O–H groups in total. The fourth-order valence-corrected chi connectivity index (χ4v) is 3.19. The van der Waals surface area contributed by atoms with Gasteiger partial charge < -0.3 is 15.0 Å². The number of carbonyl (C=O) groups is 3. The summed E-state index contributed by atoms with van der Waals surface area (Å²) in [6.45, 7) is 2.76. The van der Waals surface area contributed by atoms with Crippen LogP contribution in [-0.4, -0.2) is 28.8 Å². The van der Waals surface area contributed by atoms with Crippen molar-refractivity contribution < 1.29 is 27.9 Å². The number of carbonyl (C=O) groups excluding carboxylic acids is 3. The lowest BCUT2D eigenvalue weighted by atomic mass is 9.94. The molecule has 0 aliphatic carbocycles. The van der Waals surface area contributed by atoms with E-state index in [-0.39, 0.29) is 18.0 Å². The molecule has 2 aromatic carbocycles. The van der Waals surface area contributed by atoms with Crippen LogP contribution >= 0.6 is 0 Å². The van der Waals surface area contributed by atoms with Gasteiger partial charge in [0.15, 0.2) is 17.7 Å². The molecule has 0 spiro atoms. The van der Waals surface area contributed by atoms with Crippen molar-refractivity contribution in [2.75, 3.05) is 5.32 Å². The van der Waals surface area contributed by atoms with Gasteiger partial charge in [-0.05, 0) is 36.3 Å². The summed E-state index contributed by atoms with van der Waals surface area (Å²) < 4.78 is 31.5. The number of fused-ring (bicyclic) bond motifs is 1. The van der Waals surface area contributed by atoms with Gasteiger partial charge >= 0.3 is 5.97 Å². The van der Waals surface area contributed by atoms with Crippen molar-refractivity contribution in [2.45, 2.75) is 32.4 Å². The van der Waals surface area contributed by atoms with Gasteiger partial charge in [0.2, 0.25) is 5.91 Å². The van der Waals surface area contributed by atoms with E-state index < -0.39 is 35.7 Å². The van der Waals surface area contributed by atoms with Crippen LogP contribution in [0.25, 0.3) is 6.08 Å². The van der Waals surface area contributed by atoms with Gasteiger partial charge in [0.25, 0.3) is 5.91 Å². The highest BCUT2D eigenvalue weighted by Crippen LogP contribution is 2.33. The first-order chi connectivity index (χ1) is 14.3. The molecular formula is C22H20F2N2O4. The minimum Gasteiger partial charge on any atom is -0.452 e. The highest BCUT2D eigenvalue weighted by atomic mass is 19.2. The van der Waals surface area contributed by atoms with E-state index in [2.05, 4.69) is 5.32 Å². The van der Waals surface area contributed by atoms with E-state index in [1.807, 2.05) is 24.3 Å². The van der Waals surface area contributed by atoms with Gasteiger partial charge in [-0.25, -0.2) is 8.78 Å². The number of hydrogen-bond donors (Lipinski definition) is 1. The van der Waals surface area contributed by atoms with Crippen molar-refractivity contribution in [1.29, 1.82) is 0 Å². The van der Waals surface area contributed by atoms with E-state index in [9.17, 15) is 23.2 Å². The topological polar surface area (TPSA) is 75.7 Å². The molecule has 2 amide bonds. The quantitative estimate of drug-likeness (QED) is 0.756. The van der Waals surface area contributed by atoms with Crippen LogP contribution in [0, 0.1) is 11.6 Å². The predicted molar refractivity (Wildman–Crippen MR) is 106 cm³/mol.